The van der Waals surface area contributed by atoms with Gasteiger partial charge in [-0.25, -0.2) is 4.98 Å². The molecule has 0 aliphatic carbocycles. The van der Waals surface area contributed by atoms with Gasteiger partial charge in [0.2, 0.25) is 0 Å². The summed E-state index contributed by atoms with van der Waals surface area (Å²) in [5, 5.41) is 15.1. The van der Waals surface area contributed by atoms with Crippen LogP contribution in [0.4, 0.5) is 13.2 Å². The van der Waals surface area contributed by atoms with Crippen molar-refractivity contribution in [2.75, 3.05) is 13.1 Å². The Kier molecular flexibility index (Phi) is 5.43. The monoisotopic (exact) mass is 287 g/mol. The van der Waals surface area contributed by atoms with Crippen LogP contribution in [0.25, 0.3) is 5.57 Å². The summed E-state index contributed by atoms with van der Waals surface area (Å²) < 4.78 is 38.4. The van der Waals surface area contributed by atoms with E-state index in [1.807, 2.05) is 19.9 Å². The van der Waals surface area contributed by atoms with Gasteiger partial charge in [-0.15, -0.1) is 0 Å². The Bertz CT molecular complexity index is 502. The molecule has 2 N–H and O–H groups in total. The summed E-state index contributed by atoms with van der Waals surface area (Å²) in [4.78, 5) is 3.86. The van der Waals surface area contributed by atoms with Crippen molar-refractivity contribution in [3.05, 3.63) is 24.0 Å². The van der Waals surface area contributed by atoms with Gasteiger partial charge in [-0.05, 0) is 13.8 Å². The number of nitrogens with zero attached hydrogens (tertiary/aromatic N) is 3. The molecule has 5 nitrogen and oxygen atoms in total. The number of hydrogen-bond donors (Lipinski definition) is 2. The van der Waals surface area contributed by atoms with Gasteiger partial charge in [-0.2, -0.15) is 18.4 Å². The average molecular weight is 287 g/mol. The fourth-order valence-electron chi connectivity index (χ4n) is 1.67. The molecule has 0 amide bonds. The van der Waals surface area contributed by atoms with Gasteiger partial charge in [-0.3, -0.25) is 0 Å². The van der Waals surface area contributed by atoms with Gasteiger partial charge in [-0.1, -0.05) is 0 Å². The zero-order valence-corrected chi connectivity index (χ0v) is 11.3. The lowest BCUT2D eigenvalue weighted by Crippen LogP contribution is -2.28. The van der Waals surface area contributed by atoms with Crippen LogP contribution in [0, 0.1) is 11.3 Å². The summed E-state index contributed by atoms with van der Waals surface area (Å²) in [6.45, 7) is 3.54. The molecule has 0 aliphatic rings. The Hall–Kier alpha value is -2.17. The molecule has 0 fully saturated rings. The predicted octanol–water partition coefficient (Wildman–Crippen LogP) is 1.86. The van der Waals surface area contributed by atoms with Crippen molar-refractivity contribution in [2.45, 2.75) is 26.6 Å². The average Bonchev–Trinajstić information content (AvgIpc) is 2.77. The van der Waals surface area contributed by atoms with E-state index >= 15 is 0 Å². The van der Waals surface area contributed by atoms with E-state index in [0.717, 1.165) is 4.57 Å². The molecule has 8 heteroatoms. The van der Waals surface area contributed by atoms with E-state index in [0.29, 0.717) is 18.9 Å². The molecule has 1 aromatic heterocycles. The van der Waals surface area contributed by atoms with Crippen molar-refractivity contribution in [1.29, 1.82) is 5.26 Å². The maximum atomic E-state index is 12.5. The van der Waals surface area contributed by atoms with E-state index in [1.165, 1.54) is 12.4 Å². The molecule has 0 aliphatic heterocycles. The number of nitrogens with one attached hydrogen (secondary N) is 2. The second kappa shape index (κ2) is 6.84. The number of imidazole rings is 1. The quantitative estimate of drug-likeness (QED) is 0.784. The van der Waals surface area contributed by atoms with Crippen LogP contribution >= 0.6 is 0 Å². The molecule has 0 radical (unpaired) electrons. The van der Waals surface area contributed by atoms with E-state index in [9.17, 15) is 18.4 Å². The van der Waals surface area contributed by atoms with Crippen molar-refractivity contribution in [1.82, 2.24) is 20.2 Å². The SMILES string of the molecule is CCNC(NCC)=C(C#N)c1nccn1CC(F)(F)F. The normalized spacial score (nSPS) is 10.8. The molecule has 1 aromatic rings. The lowest BCUT2D eigenvalue weighted by atomic mass is 10.2. The van der Waals surface area contributed by atoms with Gasteiger partial charge in [0.1, 0.15) is 24.0 Å². The topological polar surface area (TPSA) is 65.7 Å². The van der Waals surface area contributed by atoms with Crippen molar-refractivity contribution < 1.29 is 13.2 Å². The smallest absolute Gasteiger partial charge is 0.371 e. The Morgan fingerprint density at radius 1 is 1.35 bits per heavy atom. The molecule has 1 rings (SSSR count). The minimum absolute atomic E-state index is 0.0123. The summed E-state index contributed by atoms with van der Waals surface area (Å²) >= 11 is 0. The zero-order chi connectivity index (χ0) is 15.2. The van der Waals surface area contributed by atoms with E-state index < -0.39 is 12.7 Å². The molecule has 0 atom stereocenters. The van der Waals surface area contributed by atoms with Crippen LogP contribution in [0.1, 0.15) is 19.7 Å². The van der Waals surface area contributed by atoms with Gasteiger partial charge >= 0.3 is 6.18 Å². The number of aromatic nitrogens is 2. The first-order valence-corrected chi connectivity index (χ1v) is 6.13. The van der Waals surface area contributed by atoms with Crippen LogP contribution < -0.4 is 10.6 Å². The molecular weight excluding hydrogens is 271 g/mol. The van der Waals surface area contributed by atoms with Crippen molar-refractivity contribution >= 4 is 5.57 Å². The highest BCUT2D eigenvalue weighted by molar-refractivity contribution is 5.75. The minimum atomic E-state index is -4.37. The number of allylic oxidation sites excluding steroid dienone is 1. The summed E-state index contributed by atoms with van der Waals surface area (Å²) in [5.74, 6) is 0.369. The standard InChI is InChI=1S/C12H16F3N5/c1-3-17-10(18-4-2)9(7-16)11-19-5-6-20(11)8-12(13,14)15/h5-6,17-18H,3-4,8H2,1-2H3. The Balaban J connectivity index is 3.22. The molecule has 0 saturated heterocycles. The molecule has 110 valence electrons. The van der Waals surface area contributed by atoms with Crippen LogP contribution in [-0.4, -0.2) is 28.8 Å². The fraction of sp³-hybridized carbons (Fsp3) is 0.500. The van der Waals surface area contributed by atoms with Gasteiger partial charge < -0.3 is 15.2 Å². The summed E-state index contributed by atoms with van der Waals surface area (Å²) in [6.07, 6.45) is -1.92. The zero-order valence-electron chi connectivity index (χ0n) is 11.3. The van der Waals surface area contributed by atoms with E-state index in [1.54, 1.807) is 0 Å². The summed E-state index contributed by atoms with van der Waals surface area (Å²) in [5.41, 5.74) is 0.0583. The molecule has 0 unspecified atom stereocenters. The number of alkyl halides is 3. The number of rotatable bonds is 6. The molecule has 0 aromatic carbocycles. The Labute approximate surface area is 115 Å². The van der Waals surface area contributed by atoms with Crippen molar-refractivity contribution in [2.24, 2.45) is 0 Å². The number of nitriles is 1. The second-order valence-electron chi connectivity index (χ2n) is 3.92. The highest BCUT2D eigenvalue weighted by Gasteiger charge is 2.29. The second-order valence-corrected chi connectivity index (χ2v) is 3.92. The fourth-order valence-corrected chi connectivity index (χ4v) is 1.67. The van der Waals surface area contributed by atoms with Gasteiger partial charge in [0.25, 0.3) is 0 Å². The minimum Gasteiger partial charge on any atom is -0.371 e. The number of hydrogen-bond acceptors (Lipinski definition) is 4. The van der Waals surface area contributed by atoms with E-state index in [2.05, 4.69) is 15.6 Å². The molecule has 0 bridgehead atoms. The molecule has 0 spiro atoms. The van der Waals surface area contributed by atoms with Gasteiger partial charge in [0.05, 0.1) is 0 Å². The van der Waals surface area contributed by atoms with Crippen molar-refractivity contribution in [3.8, 4) is 6.07 Å². The third kappa shape index (κ3) is 4.19. The maximum absolute atomic E-state index is 12.5. The largest absolute Gasteiger partial charge is 0.406 e. The van der Waals surface area contributed by atoms with Crippen molar-refractivity contribution in [3.63, 3.8) is 0 Å². The van der Waals surface area contributed by atoms with E-state index in [-0.39, 0.29) is 11.4 Å². The first-order chi connectivity index (χ1) is 9.42. The summed E-state index contributed by atoms with van der Waals surface area (Å²) in [6, 6.07) is 1.90. The molecule has 1 heterocycles. The van der Waals surface area contributed by atoms with Crippen LogP contribution in [-0.2, 0) is 6.54 Å². The van der Waals surface area contributed by atoms with Crippen LogP contribution in [0.15, 0.2) is 18.2 Å². The molecule has 20 heavy (non-hydrogen) atoms. The highest BCUT2D eigenvalue weighted by Crippen LogP contribution is 2.21. The predicted molar refractivity (Wildman–Crippen MR) is 68.2 cm³/mol. The Morgan fingerprint density at radius 3 is 2.40 bits per heavy atom. The lowest BCUT2D eigenvalue weighted by molar-refractivity contribution is -0.140. The number of halogens is 3. The van der Waals surface area contributed by atoms with E-state index in [4.69, 9.17) is 0 Å². The first-order valence-electron chi connectivity index (χ1n) is 6.13. The van der Waals surface area contributed by atoms with Gasteiger partial charge in [0.15, 0.2) is 5.82 Å². The third-order valence-electron chi connectivity index (χ3n) is 2.36. The maximum Gasteiger partial charge on any atom is 0.406 e. The molecule has 0 saturated carbocycles. The van der Waals surface area contributed by atoms with Crippen LogP contribution in [0.2, 0.25) is 0 Å². The summed E-state index contributed by atoms with van der Waals surface area (Å²) in [7, 11) is 0. The van der Waals surface area contributed by atoms with Crippen LogP contribution in [0.5, 0.6) is 0 Å². The Morgan fingerprint density at radius 2 is 1.95 bits per heavy atom. The molecular formula is C12H16F3N5. The van der Waals surface area contributed by atoms with Crippen LogP contribution in [0.3, 0.4) is 0 Å². The highest BCUT2D eigenvalue weighted by atomic mass is 19.4. The third-order valence-corrected chi connectivity index (χ3v) is 2.36. The first kappa shape index (κ1) is 15.9. The van der Waals surface area contributed by atoms with Gasteiger partial charge in [0, 0.05) is 25.5 Å². The lowest BCUT2D eigenvalue weighted by Gasteiger charge is -2.15.